The fourth-order valence-corrected chi connectivity index (χ4v) is 3.94. The largest absolute Gasteiger partial charge is 0.456 e. The minimum Gasteiger partial charge on any atom is -0.456 e. The molecule has 1 aliphatic rings. The van der Waals surface area contributed by atoms with Crippen molar-refractivity contribution < 1.29 is 19.1 Å². The molecule has 0 aliphatic carbocycles. The standard InChI is InChI=1S/C23H26N2O5/c1-2-29-23(28)25-11-9-24(10-12-25)15-17(26)13-16-7-8-21-19(14-16)22(27)18-5-3-4-6-20(18)30-21/h3-8,14,17,26H,2,9-13,15H2,1H3. The third-order valence-electron chi connectivity index (χ3n) is 5.48. The highest BCUT2D eigenvalue weighted by Crippen LogP contribution is 2.20. The summed E-state index contributed by atoms with van der Waals surface area (Å²) in [6, 6.07) is 12.7. The molecule has 30 heavy (non-hydrogen) atoms. The van der Waals surface area contributed by atoms with Crippen LogP contribution < -0.4 is 5.43 Å². The van der Waals surface area contributed by atoms with Gasteiger partial charge in [-0.1, -0.05) is 18.2 Å². The molecule has 0 spiro atoms. The molecule has 4 rings (SSSR count). The summed E-state index contributed by atoms with van der Waals surface area (Å²) in [4.78, 5) is 28.4. The van der Waals surface area contributed by atoms with Crippen molar-refractivity contribution in [2.75, 3.05) is 39.3 Å². The predicted octanol–water partition coefficient (Wildman–Crippen LogP) is 2.62. The van der Waals surface area contributed by atoms with Gasteiger partial charge < -0.3 is 19.2 Å². The molecule has 1 amide bonds. The van der Waals surface area contributed by atoms with Crippen LogP contribution in [0.4, 0.5) is 4.79 Å². The second-order valence-electron chi connectivity index (χ2n) is 7.60. The second kappa shape index (κ2) is 8.85. The molecule has 1 saturated heterocycles. The summed E-state index contributed by atoms with van der Waals surface area (Å²) < 4.78 is 10.9. The van der Waals surface area contributed by atoms with Gasteiger partial charge in [-0.15, -0.1) is 0 Å². The zero-order valence-electron chi connectivity index (χ0n) is 17.0. The number of rotatable bonds is 5. The molecular formula is C23H26N2O5. The van der Waals surface area contributed by atoms with E-state index < -0.39 is 6.10 Å². The van der Waals surface area contributed by atoms with Crippen LogP contribution in [0.25, 0.3) is 21.9 Å². The van der Waals surface area contributed by atoms with E-state index in [0.29, 0.717) is 67.7 Å². The lowest BCUT2D eigenvalue weighted by atomic mass is 10.0. The first-order chi connectivity index (χ1) is 14.5. The summed E-state index contributed by atoms with van der Waals surface area (Å²) in [7, 11) is 0. The van der Waals surface area contributed by atoms with Crippen molar-refractivity contribution in [1.82, 2.24) is 9.80 Å². The van der Waals surface area contributed by atoms with Crippen LogP contribution in [-0.4, -0.2) is 66.4 Å². The Hall–Kier alpha value is -2.90. The number of piperazine rings is 1. The topological polar surface area (TPSA) is 83.2 Å². The fourth-order valence-electron chi connectivity index (χ4n) is 3.94. The van der Waals surface area contributed by atoms with Crippen molar-refractivity contribution in [3.05, 3.63) is 58.3 Å². The molecule has 0 saturated carbocycles. The van der Waals surface area contributed by atoms with E-state index in [0.717, 1.165) is 5.56 Å². The van der Waals surface area contributed by atoms with Gasteiger partial charge in [-0.25, -0.2) is 4.79 Å². The summed E-state index contributed by atoms with van der Waals surface area (Å²) in [5.74, 6) is 0. The molecule has 1 unspecified atom stereocenters. The van der Waals surface area contributed by atoms with Gasteiger partial charge in [0.1, 0.15) is 11.2 Å². The maximum absolute atomic E-state index is 12.8. The summed E-state index contributed by atoms with van der Waals surface area (Å²) in [6.07, 6.45) is -0.398. The first-order valence-electron chi connectivity index (χ1n) is 10.3. The molecule has 1 fully saturated rings. The van der Waals surface area contributed by atoms with E-state index >= 15 is 0 Å². The number of aliphatic hydroxyl groups is 1. The quantitative estimate of drug-likeness (QED) is 0.651. The molecule has 1 aromatic heterocycles. The van der Waals surface area contributed by atoms with Gasteiger partial charge in [-0.05, 0) is 43.2 Å². The molecule has 0 radical (unpaired) electrons. The van der Waals surface area contributed by atoms with Gasteiger partial charge in [0.2, 0.25) is 5.43 Å². The second-order valence-corrected chi connectivity index (χ2v) is 7.60. The van der Waals surface area contributed by atoms with Gasteiger partial charge in [-0.2, -0.15) is 0 Å². The average molecular weight is 410 g/mol. The SMILES string of the molecule is CCOC(=O)N1CCN(CC(O)Cc2ccc3oc4ccccc4c(=O)c3c2)CC1. The predicted molar refractivity (Wildman–Crippen MR) is 115 cm³/mol. The average Bonchev–Trinajstić information content (AvgIpc) is 2.75. The summed E-state index contributed by atoms with van der Waals surface area (Å²) in [5.41, 5.74) is 1.96. The van der Waals surface area contributed by atoms with Gasteiger partial charge in [0.05, 0.1) is 23.5 Å². The Kier molecular flexibility index (Phi) is 6.01. The number of fused-ring (bicyclic) bond motifs is 2. The summed E-state index contributed by atoms with van der Waals surface area (Å²) in [6.45, 7) is 5.26. The van der Waals surface area contributed by atoms with E-state index in [9.17, 15) is 14.7 Å². The van der Waals surface area contributed by atoms with Crippen molar-refractivity contribution in [3.63, 3.8) is 0 Å². The number of amides is 1. The van der Waals surface area contributed by atoms with Crippen LogP contribution in [0.1, 0.15) is 12.5 Å². The highest BCUT2D eigenvalue weighted by molar-refractivity contribution is 5.89. The number of para-hydroxylation sites is 1. The molecule has 1 aliphatic heterocycles. The molecule has 0 bridgehead atoms. The van der Waals surface area contributed by atoms with E-state index in [1.165, 1.54) is 0 Å². The van der Waals surface area contributed by atoms with Gasteiger partial charge in [0.15, 0.2) is 0 Å². The zero-order valence-corrected chi connectivity index (χ0v) is 17.0. The van der Waals surface area contributed by atoms with Gasteiger partial charge in [-0.3, -0.25) is 9.69 Å². The number of benzene rings is 2. The molecule has 1 atom stereocenters. The third kappa shape index (κ3) is 4.32. The smallest absolute Gasteiger partial charge is 0.409 e. The van der Waals surface area contributed by atoms with E-state index in [4.69, 9.17) is 9.15 Å². The Morgan fingerprint density at radius 2 is 1.83 bits per heavy atom. The number of carbonyl (C=O) groups is 1. The number of β-amino-alcohol motifs (C(OH)–C–C–N with tert-alkyl or cyclic N) is 1. The van der Waals surface area contributed by atoms with Gasteiger partial charge >= 0.3 is 6.09 Å². The van der Waals surface area contributed by atoms with E-state index in [-0.39, 0.29) is 11.5 Å². The summed E-state index contributed by atoms with van der Waals surface area (Å²) in [5, 5.41) is 11.7. The zero-order chi connectivity index (χ0) is 21.1. The van der Waals surface area contributed by atoms with E-state index in [2.05, 4.69) is 4.90 Å². The van der Waals surface area contributed by atoms with Crippen molar-refractivity contribution in [1.29, 1.82) is 0 Å². The lowest BCUT2D eigenvalue weighted by Gasteiger charge is -2.35. The molecule has 2 aromatic carbocycles. The number of ether oxygens (including phenoxy) is 1. The molecular weight excluding hydrogens is 384 g/mol. The number of carbonyl (C=O) groups excluding carboxylic acids is 1. The Bertz CT molecular complexity index is 1100. The number of aliphatic hydroxyl groups excluding tert-OH is 1. The first-order valence-corrected chi connectivity index (χ1v) is 10.3. The fraction of sp³-hybridized carbons (Fsp3) is 0.391. The van der Waals surface area contributed by atoms with Crippen LogP contribution in [0.5, 0.6) is 0 Å². The van der Waals surface area contributed by atoms with E-state index in [1.54, 1.807) is 30.0 Å². The Balaban J connectivity index is 1.40. The maximum atomic E-state index is 12.8. The van der Waals surface area contributed by atoms with Crippen molar-refractivity contribution >= 4 is 28.0 Å². The third-order valence-corrected chi connectivity index (χ3v) is 5.48. The minimum absolute atomic E-state index is 0.0572. The summed E-state index contributed by atoms with van der Waals surface area (Å²) >= 11 is 0. The highest BCUT2D eigenvalue weighted by atomic mass is 16.6. The van der Waals surface area contributed by atoms with Crippen molar-refractivity contribution in [2.45, 2.75) is 19.4 Å². The van der Waals surface area contributed by atoms with Gasteiger partial charge in [0, 0.05) is 32.7 Å². The van der Waals surface area contributed by atoms with Crippen LogP contribution in [0, 0.1) is 0 Å². The Morgan fingerprint density at radius 1 is 1.10 bits per heavy atom. The lowest BCUT2D eigenvalue weighted by Crippen LogP contribution is -2.50. The van der Waals surface area contributed by atoms with Crippen LogP contribution in [0.3, 0.4) is 0 Å². The van der Waals surface area contributed by atoms with Gasteiger partial charge in [0.25, 0.3) is 0 Å². The van der Waals surface area contributed by atoms with Crippen molar-refractivity contribution in [2.24, 2.45) is 0 Å². The molecule has 7 nitrogen and oxygen atoms in total. The van der Waals surface area contributed by atoms with Crippen LogP contribution in [0.2, 0.25) is 0 Å². The molecule has 2 heterocycles. The minimum atomic E-state index is -0.566. The highest BCUT2D eigenvalue weighted by Gasteiger charge is 2.23. The monoisotopic (exact) mass is 410 g/mol. The Morgan fingerprint density at radius 3 is 2.60 bits per heavy atom. The number of hydrogen-bond acceptors (Lipinski definition) is 6. The molecule has 7 heteroatoms. The number of hydrogen-bond donors (Lipinski definition) is 1. The normalized spacial score (nSPS) is 16.1. The Labute approximate surface area is 174 Å². The lowest BCUT2D eigenvalue weighted by molar-refractivity contribution is 0.0582. The molecule has 1 N–H and O–H groups in total. The van der Waals surface area contributed by atoms with Crippen LogP contribution in [-0.2, 0) is 11.2 Å². The first kappa shape index (κ1) is 20.4. The van der Waals surface area contributed by atoms with E-state index in [1.807, 2.05) is 24.3 Å². The molecule has 158 valence electrons. The van der Waals surface area contributed by atoms with Crippen LogP contribution in [0.15, 0.2) is 51.7 Å². The maximum Gasteiger partial charge on any atom is 0.409 e. The van der Waals surface area contributed by atoms with Crippen molar-refractivity contribution in [3.8, 4) is 0 Å². The molecule has 3 aromatic rings. The number of nitrogens with zero attached hydrogens (tertiary/aromatic N) is 2. The van der Waals surface area contributed by atoms with Crippen LogP contribution >= 0.6 is 0 Å².